The van der Waals surface area contributed by atoms with Crippen LogP contribution in [-0.4, -0.2) is 40.2 Å². The van der Waals surface area contributed by atoms with Crippen LogP contribution >= 0.6 is 0 Å². The first-order valence-electron chi connectivity index (χ1n) is 9.50. The van der Waals surface area contributed by atoms with E-state index in [2.05, 4.69) is 15.5 Å². The van der Waals surface area contributed by atoms with Crippen molar-refractivity contribution < 1.29 is 14.1 Å². The first-order chi connectivity index (χ1) is 13.7. The minimum atomic E-state index is -0.286. The summed E-state index contributed by atoms with van der Waals surface area (Å²) in [5, 5.41) is 7.70. The summed E-state index contributed by atoms with van der Waals surface area (Å²) in [6.07, 6.45) is 3.19. The Balaban J connectivity index is 1.55. The largest absolute Gasteiger partial charge is 0.494 e. The van der Waals surface area contributed by atoms with Crippen molar-refractivity contribution in [2.75, 3.05) is 18.1 Å². The van der Waals surface area contributed by atoms with Gasteiger partial charge in [0.1, 0.15) is 23.7 Å². The van der Waals surface area contributed by atoms with Gasteiger partial charge in [-0.2, -0.15) is 0 Å². The monoisotopic (exact) mass is 381 g/mol. The van der Waals surface area contributed by atoms with Crippen LogP contribution in [0.5, 0.6) is 5.75 Å². The van der Waals surface area contributed by atoms with Crippen LogP contribution in [0.4, 0.5) is 5.95 Å². The highest BCUT2D eigenvalue weighted by atomic mass is 16.5. The second-order valence-electron chi connectivity index (χ2n) is 6.78. The van der Waals surface area contributed by atoms with Gasteiger partial charge in [0.05, 0.1) is 24.4 Å². The fourth-order valence-corrected chi connectivity index (χ4v) is 3.53. The summed E-state index contributed by atoms with van der Waals surface area (Å²) < 4.78 is 10.4. The smallest absolute Gasteiger partial charge is 0.243 e. The summed E-state index contributed by atoms with van der Waals surface area (Å²) in [6.45, 7) is 5.63. The Labute approximate surface area is 162 Å². The van der Waals surface area contributed by atoms with Gasteiger partial charge in [-0.05, 0) is 44.9 Å². The normalized spacial score (nSPS) is 16.5. The van der Waals surface area contributed by atoms with Crippen molar-refractivity contribution in [3.63, 3.8) is 0 Å². The number of fused-ring (bicyclic) bond motifs is 1. The van der Waals surface area contributed by atoms with Crippen molar-refractivity contribution in [3.8, 4) is 5.75 Å². The predicted octanol–water partition coefficient (Wildman–Crippen LogP) is 2.61. The number of anilines is 1. The summed E-state index contributed by atoms with van der Waals surface area (Å²) in [7, 11) is 0. The lowest BCUT2D eigenvalue weighted by atomic mass is 10.2. The number of carbonyl (C=O) groups is 1. The molecule has 146 valence electrons. The molecule has 8 heteroatoms. The molecule has 1 aromatic carbocycles. The van der Waals surface area contributed by atoms with Crippen LogP contribution in [0.2, 0.25) is 0 Å². The molecule has 1 amide bonds. The molecule has 1 atom stereocenters. The molecule has 0 saturated carbocycles. The van der Waals surface area contributed by atoms with Gasteiger partial charge in [0.15, 0.2) is 0 Å². The van der Waals surface area contributed by atoms with Crippen LogP contribution in [0.15, 0.2) is 35.1 Å². The average Bonchev–Trinajstić information content (AvgIpc) is 3.38. The van der Waals surface area contributed by atoms with Gasteiger partial charge in [-0.1, -0.05) is 5.16 Å². The molecule has 0 radical (unpaired) electrons. The van der Waals surface area contributed by atoms with Crippen LogP contribution in [0.25, 0.3) is 10.9 Å². The third kappa shape index (κ3) is 3.62. The highest BCUT2D eigenvalue weighted by Gasteiger charge is 2.32. The van der Waals surface area contributed by atoms with Crippen molar-refractivity contribution >= 4 is 22.8 Å². The van der Waals surface area contributed by atoms with Gasteiger partial charge in [-0.3, -0.25) is 4.79 Å². The van der Waals surface area contributed by atoms with Gasteiger partial charge >= 0.3 is 0 Å². The van der Waals surface area contributed by atoms with Crippen LogP contribution in [-0.2, 0) is 11.3 Å². The molecular weight excluding hydrogens is 358 g/mol. The van der Waals surface area contributed by atoms with Crippen molar-refractivity contribution in [3.05, 3.63) is 41.9 Å². The van der Waals surface area contributed by atoms with E-state index in [0.29, 0.717) is 24.8 Å². The minimum absolute atomic E-state index is 0.0476. The number of amides is 1. The quantitative estimate of drug-likeness (QED) is 0.701. The number of aryl methyl sites for hydroxylation is 1. The number of ether oxygens (including phenoxy) is 1. The molecule has 1 aliphatic rings. The summed E-state index contributed by atoms with van der Waals surface area (Å²) in [5.41, 5.74) is 2.41. The SMILES string of the molecule is CCOc1ccc2nc(N3CCCC3C(=O)NCc3ccon3)nc(C)c2c1. The zero-order valence-electron chi connectivity index (χ0n) is 16.0. The zero-order chi connectivity index (χ0) is 19.5. The Morgan fingerprint density at radius 1 is 1.36 bits per heavy atom. The van der Waals surface area contributed by atoms with Gasteiger partial charge < -0.3 is 19.5 Å². The Hall–Kier alpha value is -3.16. The molecule has 4 rings (SSSR count). The molecule has 3 heterocycles. The molecule has 1 unspecified atom stereocenters. The second kappa shape index (κ2) is 7.84. The maximum absolute atomic E-state index is 12.7. The number of hydrogen-bond donors (Lipinski definition) is 1. The van der Waals surface area contributed by atoms with E-state index < -0.39 is 0 Å². The Morgan fingerprint density at radius 3 is 3.04 bits per heavy atom. The first-order valence-corrected chi connectivity index (χ1v) is 9.50. The number of nitrogens with zero attached hydrogens (tertiary/aromatic N) is 4. The number of aromatic nitrogens is 3. The predicted molar refractivity (Wildman–Crippen MR) is 104 cm³/mol. The van der Waals surface area contributed by atoms with E-state index in [-0.39, 0.29) is 11.9 Å². The van der Waals surface area contributed by atoms with E-state index in [1.165, 1.54) is 6.26 Å². The van der Waals surface area contributed by atoms with Gasteiger partial charge in [-0.15, -0.1) is 0 Å². The maximum Gasteiger partial charge on any atom is 0.243 e. The van der Waals surface area contributed by atoms with Crippen molar-refractivity contribution in [2.45, 2.75) is 39.3 Å². The molecule has 1 N–H and O–H groups in total. The zero-order valence-corrected chi connectivity index (χ0v) is 16.0. The van der Waals surface area contributed by atoms with Gasteiger partial charge in [0.25, 0.3) is 0 Å². The van der Waals surface area contributed by atoms with Crippen LogP contribution < -0.4 is 15.0 Å². The van der Waals surface area contributed by atoms with Gasteiger partial charge in [-0.25, -0.2) is 9.97 Å². The molecular formula is C20H23N5O3. The van der Waals surface area contributed by atoms with Crippen molar-refractivity contribution in [1.29, 1.82) is 0 Å². The lowest BCUT2D eigenvalue weighted by Gasteiger charge is -2.24. The minimum Gasteiger partial charge on any atom is -0.494 e. The molecule has 28 heavy (non-hydrogen) atoms. The van der Waals surface area contributed by atoms with Crippen molar-refractivity contribution in [1.82, 2.24) is 20.4 Å². The van der Waals surface area contributed by atoms with Crippen molar-refractivity contribution in [2.24, 2.45) is 0 Å². The molecule has 8 nitrogen and oxygen atoms in total. The third-order valence-corrected chi connectivity index (χ3v) is 4.90. The molecule has 0 spiro atoms. The molecule has 2 aromatic heterocycles. The number of benzene rings is 1. The van der Waals surface area contributed by atoms with Gasteiger partial charge in [0, 0.05) is 18.0 Å². The van der Waals surface area contributed by atoms with Gasteiger partial charge in [0.2, 0.25) is 11.9 Å². The Morgan fingerprint density at radius 2 is 2.25 bits per heavy atom. The lowest BCUT2D eigenvalue weighted by Crippen LogP contribution is -2.43. The molecule has 1 saturated heterocycles. The fraction of sp³-hybridized carbons (Fsp3) is 0.400. The van der Waals surface area contributed by atoms with E-state index in [4.69, 9.17) is 14.2 Å². The molecule has 1 fully saturated rings. The molecule has 0 aliphatic carbocycles. The Kier molecular flexibility index (Phi) is 5.10. The molecule has 1 aliphatic heterocycles. The topological polar surface area (TPSA) is 93.4 Å². The van der Waals surface area contributed by atoms with Crippen LogP contribution in [0, 0.1) is 6.92 Å². The Bertz CT molecular complexity index is 973. The highest BCUT2D eigenvalue weighted by molar-refractivity contribution is 5.87. The fourth-order valence-electron chi connectivity index (χ4n) is 3.53. The van der Waals surface area contributed by atoms with E-state index in [1.807, 2.05) is 36.9 Å². The first kappa shape index (κ1) is 18.2. The maximum atomic E-state index is 12.7. The number of nitrogens with one attached hydrogen (secondary N) is 1. The van der Waals surface area contributed by atoms with E-state index in [9.17, 15) is 4.79 Å². The van der Waals surface area contributed by atoms with E-state index in [1.54, 1.807) is 6.07 Å². The third-order valence-electron chi connectivity index (χ3n) is 4.90. The number of hydrogen-bond acceptors (Lipinski definition) is 7. The van der Waals surface area contributed by atoms with E-state index in [0.717, 1.165) is 41.7 Å². The average molecular weight is 381 g/mol. The summed E-state index contributed by atoms with van der Waals surface area (Å²) >= 11 is 0. The number of rotatable bonds is 6. The second-order valence-corrected chi connectivity index (χ2v) is 6.78. The summed E-state index contributed by atoms with van der Waals surface area (Å²) in [4.78, 5) is 24.1. The lowest BCUT2D eigenvalue weighted by molar-refractivity contribution is -0.122. The summed E-state index contributed by atoms with van der Waals surface area (Å²) in [6, 6.07) is 7.26. The standard InChI is InChI=1S/C20H23N5O3/c1-3-27-15-6-7-17-16(11-15)13(2)22-20(23-17)25-9-4-5-18(25)19(26)21-12-14-8-10-28-24-14/h6-8,10-11,18H,3-5,9,12H2,1-2H3,(H,21,26). The van der Waals surface area contributed by atoms with Crippen LogP contribution in [0.1, 0.15) is 31.2 Å². The summed E-state index contributed by atoms with van der Waals surface area (Å²) in [5.74, 6) is 1.35. The molecule has 3 aromatic rings. The van der Waals surface area contributed by atoms with Crippen LogP contribution in [0.3, 0.4) is 0 Å². The number of carbonyl (C=O) groups excluding carboxylic acids is 1. The highest BCUT2D eigenvalue weighted by Crippen LogP contribution is 2.27. The molecule has 0 bridgehead atoms. The van der Waals surface area contributed by atoms with E-state index >= 15 is 0 Å².